The van der Waals surface area contributed by atoms with Crippen LogP contribution >= 0.6 is 23.8 Å². The summed E-state index contributed by atoms with van der Waals surface area (Å²) in [5.41, 5.74) is 4.17. The Labute approximate surface area is 215 Å². The molecule has 1 aliphatic rings. The largest absolute Gasteiger partial charge is 0.368 e. The number of carbonyl (C=O) groups excluding carboxylic acids is 2. The lowest BCUT2D eigenvalue weighted by molar-refractivity contribution is 0.0746. The molecule has 3 aromatic rings. The van der Waals surface area contributed by atoms with Gasteiger partial charge in [0.15, 0.2) is 5.11 Å². The molecular weight excluding hydrogens is 480 g/mol. The Morgan fingerprint density at radius 3 is 2.20 bits per heavy atom. The van der Waals surface area contributed by atoms with Gasteiger partial charge in [-0.15, -0.1) is 0 Å². The molecule has 0 radical (unpaired) electrons. The Balaban J connectivity index is 1.28. The van der Waals surface area contributed by atoms with Crippen molar-refractivity contribution < 1.29 is 9.59 Å². The molecule has 0 aliphatic carbocycles. The number of rotatable bonds is 5. The fourth-order valence-electron chi connectivity index (χ4n) is 3.97. The second-order valence-corrected chi connectivity index (χ2v) is 9.08. The number of thiocarbonyl (C=S) groups is 1. The number of hydrogen-bond donors (Lipinski definition) is 2. The Morgan fingerprint density at radius 2 is 1.57 bits per heavy atom. The summed E-state index contributed by atoms with van der Waals surface area (Å²) in [6.07, 6.45) is 0.963. The van der Waals surface area contributed by atoms with E-state index in [1.54, 1.807) is 24.3 Å². The van der Waals surface area contributed by atoms with Crippen molar-refractivity contribution in [2.45, 2.75) is 13.3 Å². The van der Waals surface area contributed by atoms with Crippen molar-refractivity contribution in [3.05, 3.63) is 94.5 Å². The van der Waals surface area contributed by atoms with E-state index in [0.29, 0.717) is 23.7 Å². The number of nitrogens with zero attached hydrogens (tertiary/aromatic N) is 2. The van der Waals surface area contributed by atoms with Crippen LogP contribution in [0, 0.1) is 0 Å². The zero-order chi connectivity index (χ0) is 24.8. The first-order valence-corrected chi connectivity index (χ1v) is 12.3. The summed E-state index contributed by atoms with van der Waals surface area (Å²) in [5.74, 6) is -0.280. The fraction of sp³-hybridized carbons (Fsp3) is 0.222. The zero-order valence-electron chi connectivity index (χ0n) is 19.5. The van der Waals surface area contributed by atoms with Gasteiger partial charge in [-0.1, -0.05) is 42.8 Å². The summed E-state index contributed by atoms with van der Waals surface area (Å²) in [4.78, 5) is 29.4. The van der Waals surface area contributed by atoms with E-state index in [1.165, 1.54) is 5.56 Å². The molecule has 0 spiro atoms. The molecule has 3 aromatic carbocycles. The van der Waals surface area contributed by atoms with Gasteiger partial charge in [-0.25, -0.2) is 0 Å². The van der Waals surface area contributed by atoms with Crippen LogP contribution in [0.15, 0.2) is 72.8 Å². The molecule has 1 fully saturated rings. The summed E-state index contributed by atoms with van der Waals surface area (Å²) in [6.45, 7) is 4.97. The van der Waals surface area contributed by atoms with E-state index >= 15 is 0 Å². The molecular formula is C27H27ClN4O2S. The highest BCUT2D eigenvalue weighted by Gasteiger charge is 2.22. The van der Waals surface area contributed by atoms with Crippen molar-refractivity contribution in [2.75, 3.05) is 36.4 Å². The third kappa shape index (κ3) is 6.18. The molecule has 8 heteroatoms. The molecule has 180 valence electrons. The lowest BCUT2D eigenvalue weighted by Crippen LogP contribution is -2.48. The summed E-state index contributed by atoms with van der Waals surface area (Å²) in [7, 11) is 0. The molecule has 0 aromatic heterocycles. The van der Waals surface area contributed by atoms with Crippen LogP contribution in [0.1, 0.15) is 33.2 Å². The molecule has 1 aliphatic heterocycles. The smallest absolute Gasteiger partial charge is 0.258 e. The van der Waals surface area contributed by atoms with Gasteiger partial charge in [-0.2, -0.15) is 0 Å². The average Bonchev–Trinajstić information content (AvgIpc) is 2.89. The van der Waals surface area contributed by atoms with Crippen molar-refractivity contribution in [3.63, 3.8) is 0 Å². The van der Waals surface area contributed by atoms with E-state index in [0.717, 1.165) is 36.4 Å². The van der Waals surface area contributed by atoms with Gasteiger partial charge >= 0.3 is 0 Å². The monoisotopic (exact) mass is 506 g/mol. The van der Waals surface area contributed by atoms with Crippen LogP contribution in [0.4, 0.5) is 11.4 Å². The number of carbonyl (C=O) groups is 2. The van der Waals surface area contributed by atoms with E-state index in [-0.39, 0.29) is 16.9 Å². The SMILES string of the molecule is CCc1ccc(C(=O)N2CCN(c3ccc(NC(=S)NC(=O)c4ccccc4Cl)cc3)CC2)cc1. The van der Waals surface area contributed by atoms with Gasteiger partial charge in [0.05, 0.1) is 10.6 Å². The van der Waals surface area contributed by atoms with E-state index < -0.39 is 0 Å². The molecule has 1 heterocycles. The zero-order valence-corrected chi connectivity index (χ0v) is 21.0. The van der Waals surface area contributed by atoms with E-state index in [9.17, 15) is 9.59 Å². The standard InChI is InChI=1S/C27H27ClN4O2S/c1-2-19-7-9-20(10-8-19)26(34)32-17-15-31(16-18-32)22-13-11-21(12-14-22)29-27(35)30-25(33)23-5-3-4-6-24(23)28/h3-14H,2,15-18H2,1H3,(H2,29,30,33,35). The number of hydrogen-bond acceptors (Lipinski definition) is 4. The lowest BCUT2D eigenvalue weighted by Gasteiger charge is -2.36. The van der Waals surface area contributed by atoms with Gasteiger partial charge in [0.25, 0.3) is 11.8 Å². The molecule has 35 heavy (non-hydrogen) atoms. The molecule has 0 saturated carbocycles. The van der Waals surface area contributed by atoms with Gasteiger partial charge in [0.1, 0.15) is 0 Å². The Hall–Kier alpha value is -3.42. The third-order valence-corrected chi connectivity index (χ3v) is 6.55. The number of halogens is 1. The first-order chi connectivity index (χ1) is 16.9. The topological polar surface area (TPSA) is 64.7 Å². The Bertz CT molecular complexity index is 1210. The minimum atomic E-state index is -0.363. The van der Waals surface area contributed by atoms with Crippen molar-refractivity contribution in [1.82, 2.24) is 10.2 Å². The summed E-state index contributed by atoms with van der Waals surface area (Å²) < 4.78 is 0. The van der Waals surface area contributed by atoms with Gasteiger partial charge in [0, 0.05) is 43.1 Å². The van der Waals surface area contributed by atoms with Gasteiger partial charge in [-0.3, -0.25) is 14.9 Å². The molecule has 4 rings (SSSR count). The van der Waals surface area contributed by atoms with Gasteiger partial charge < -0.3 is 15.1 Å². The fourth-order valence-corrected chi connectivity index (χ4v) is 4.40. The third-order valence-electron chi connectivity index (χ3n) is 6.01. The van der Waals surface area contributed by atoms with Crippen LogP contribution in [0.2, 0.25) is 5.02 Å². The van der Waals surface area contributed by atoms with Crippen LogP contribution < -0.4 is 15.5 Å². The molecule has 1 saturated heterocycles. The maximum absolute atomic E-state index is 12.8. The van der Waals surface area contributed by atoms with Crippen molar-refractivity contribution in [1.29, 1.82) is 0 Å². The Kier molecular flexibility index (Phi) is 8.00. The minimum Gasteiger partial charge on any atom is -0.368 e. The normalized spacial score (nSPS) is 13.3. The molecule has 0 bridgehead atoms. The molecule has 2 N–H and O–H groups in total. The first-order valence-electron chi connectivity index (χ1n) is 11.5. The second kappa shape index (κ2) is 11.3. The number of anilines is 2. The van der Waals surface area contributed by atoms with Crippen LogP contribution in [0.25, 0.3) is 0 Å². The molecule has 6 nitrogen and oxygen atoms in total. The highest BCUT2D eigenvalue weighted by molar-refractivity contribution is 7.80. The minimum absolute atomic E-state index is 0.0826. The maximum Gasteiger partial charge on any atom is 0.258 e. The average molecular weight is 507 g/mol. The highest BCUT2D eigenvalue weighted by atomic mass is 35.5. The summed E-state index contributed by atoms with van der Waals surface area (Å²) >= 11 is 11.3. The van der Waals surface area contributed by atoms with Crippen LogP contribution in [0.5, 0.6) is 0 Å². The Morgan fingerprint density at radius 1 is 0.914 bits per heavy atom. The number of amides is 2. The summed E-state index contributed by atoms with van der Waals surface area (Å²) in [5, 5.41) is 6.24. The lowest BCUT2D eigenvalue weighted by atomic mass is 10.1. The maximum atomic E-state index is 12.8. The number of piperazine rings is 1. The first kappa shape index (κ1) is 24.7. The van der Waals surface area contributed by atoms with Gasteiger partial charge in [0.2, 0.25) is 0 Å². The number of benzene rings is 3. The quantitative estimate of drug-likeness (QED) is 0.477. The van der Waals surface area contributed by atoms with Crippen molar-refractivity contribution in [2.24, 2.45) is 0 Å². The van der Waals surface area contributed by atoms with Crippen molar-refractivity contribution in [3.8, 4) is 0 Å². The van der Waals surface area contributed by atoms with E-state index in [2.05, 4.69) is 22.5 Å². The second-order valence-electron chi connectivity index (χ2n) is 8.26. The number of aryl methyl sites for hydroxylation is 1. The van der Waals surface area contributed by atoms with E-state index in [4.69, 9.17) is 23.8 Å². The van der Waals surface area contributed by atoms with Crippen LogP contribution in [-0.2, 0) is 6.42 Å². The van der Waals surface area contributed by atoms with Crippen molar-refractivity contribution >= 4 is 52.1 Å². The highest BCUT2D eigenvalue weighted by Crippen LogP contribution is 2.21. The molecule has 2 amide bonds. The molecule has 0 unspecified atom stereocenters. The van der Waals surface area contributed by atoms with E-state index in [1.807, 2.05) is 53.4 Å². The molecule has 0 atom stereocenters. The number of nitrogens with one attached hydrogen (secondary N) is 2. The van der Waals surface area contributed by atoms with Gasteiger partial charge in [-0.05, 0) is 72.7 Å². The summed E-state index contributed by atoms with van der Waals surface area (Å²) in [6, 6.07) is 22.5. The predicted molar refractivity (Wildman–Crippen MR) is 146 cm³/mol. The van der Waals surface area contributed by atoms with Crippen LogP contribution in [0.3, 0.4) is 0 Å². The predicted octanol–water partition coefficient (Wildman–Crippen LogP) is 4.99. The van der Waals surface area contributed by atoms with Crippen LogP contribution in [-0.4, -0.2) is 48.0 Å².